The van der Waals surface area contributed by atoms with Gasteiger partial charge in [0, 0.05) is 10.7 Å². The molecule has 0 N–H and O–H groups in total. The monoisotopic (exact) mass is 539 g/mol. The third-order valence-electron chi connectivity index (χ3n) is 4.88. The highest BCUT2D eigenvalue weighted by Gasteiger charge is 2.24. The van der Waals surface area contributed by atoms with Crippen molar-refractivity contribution in [3.63, 3.8) is 0 Å². The van der Waals surface area contributed by atoms with Gasteiger partial charge in [-0.3, -0.25) is 9.20 Å². The lowest BCUT2D eigenvalue weighted by Gasteiger charge is -2.11. The highest BCUT2D eigenvalue weighted by atomic mass is 79.9. The minimum absolute atomic E-state index is 0.116. The molecule has 2 aromatic carbocycles. The van der Waals surface area contributed by atoms with Crippen LogP contribution in [0.25, 0.3) is 11.7 Å². The number of nitriles is 1. The summed E-state index contributed by atoms with van der Waals surface area (Å²) in [4.78, 5) is 17.0. The molecular formula is C24H15BrFN3O4S. The number of hydrogen-bond donors (Lipinski definition) is 0. The summed E-state index contributed by atoms with van der Waals surface area (Å²) in [6, 6.07) is 15.8. The van der Waals surface area contributed by atoms with Gasteiger partial charge in [0.1, 0.15) is 33.8 Å². The highest BCUT2D eigenvalue weighted by molar-refractivity contribution is 9.10. The summed E-state index contributed by atoms with van der Waals surface area (Å²) < 4.78 is 47.2. The number of rotatable bonds is 5. The average Bonchev–Trinajstić information content (AvgIpc) is 2.81. The second-order valence-electron chi connectivity index (χ2n) is 7.15. The van der Waals surface area contributed by atoms with Gasteiger partial charge in [0.15, 0.2) is 0 Å². The second kappa shape index (κ2) is 9.21. The van der Waals surface area contributed by atoms with Crippen LogP contribution in [-0.2, 0) is 9.84 Å². The zero-order valence-corrected chi connectivity index (χ0v) is 20.0. The summed E-state index contributed by atoms with van der Waals surface area (Å²) >= 11 is 3.24. The summed E-state index contributed by atoms with van der Waals surface area (Å²) in [5.74, 6) is -0.526. The van der Waals surface area contributed by atoms with Crippen LogP contribution in [0.15, 0.2) is 85.9 Å². The van der Waals surface area contributed by atoms with Crippen LogP contribution in [0.4, 0.5) is 4.39 Å². The molecule has 0 saturated heterocycles. The molecular weight excluding hydrogens is 525 g/mol. The fraction of sp³-hybridized carbons (Fsp3) is 0.0417. The summed E-state index contributed by atoms with van der Waals surface area (Å²) in [6.45, 7) is 1.75. The Morgan fingerprint density at radius 3 is 2.47 bits per heavy atom. The van der Waals surface area contributed by atoms with E-state index in [1.54, 1.807) is 25.1 Å². The summed E-state index contributed by atoms with van der Waals surface area (Å²) in [7, 11) is -4.24. The molecule has 0 radical (unpaired) electrons. The number of nitrogens with zero attached hydrogens (tertiary/aromatic N) is 3. The van der Waals surface area contributed by atoms with Crippen molar-refractivity contribution in [1.29, 1.82) is 5.26 Å². The van der Waals surface area contributed by atoms with E-state index in [9.17, 15) is 22.9 Å². The third-order valence-corrected chi connectivity index (χ3v) is 7.09. The number of pyridine rings is 1. The van der Waals surface area contributed by atoms with Crippen LogP contribution in [0.2, 0.25) is 0 Å². The van der Waals surface area contributed by atoms with Crippen LogP contribution in [0, 0.1) is 24.1 Å². The maximum Gasteiger partial charge on any atom is 0.269 e. The predicted octanol–water partition coefficient (Wildman–Crippen LogP) is 5.04. The Balaban J connectivity index is 1.95. The molecule has 4 aromatic rings. The first kappa shape index (κ1) is 23.4. The van der Waals surface area contributed by atoms with Crippen LogP contribution in [-0.4, -0.2) is 17.8 Å². The standard InChI is InChI=1S/C24H15BrFN3O4S/c1-15-3-2-12-29-22(15)28-23(33-18-8-6-17(26)7-9-18)21(24(29)30)13-20(14-27)34(31,32)19-10-4-16(25)5-11-19/h2-13H,1H3/b20-13+. The third kappa shape index (κ3) is 4.48. The second-order valence-corrected chi connectivity index (χ2v) is 9.99. The minimum atomic E-state index is -4.24. The van der Waals surface area contributed by atoms with Crippen LogP contribution in [0.3, 0.4) is 0 Å². The van der Waals surface area contributed by atoms with Crippen molar-refractivity contribution in [3.8, 4) is 17.7 Å². The van der Waals surface area contributed by atoms with Gasteiger partial charge in [-0.2, -0.15) is 10.2 Å². The normalized spacial score (nSPS) is 11.9. The fourth-order valence-electron chi connectivity index (χ4n) is 3.15. The van der Waals surface area contributed by atoms with Gasteiger partial charge in [-0.1, -0.05) is 22.0 Å². The average molecular weight is 540 g/mol. The molecule has 0 aliphatic carbocycles. The van der Waals surface area contributed by atoms with Crippen molar-refractivity contribution in [2.24, 2.45) is 0 Å². The number of allylic oxidation sites excluding steroid dienone is 1. The summed E-state index contributed by atoms with van der Waals surface area (Å²) in [5, 5.41) is 9.68. The molecule has 0 fully saturated rings. The first-order chi connectivity index (χ1) is 16.2. The highest BCUT2D eigenvalue weighted by Crippen LogP contribution is 2.28. The van der Waals surface area contributed by atoms with Gasteiger partial charge < -0.3 is 4.74 Å². The van der Waals surface area contributed by atoms with Gasteiger partial charge in [-0.05, 0) is 73.2 Å². The molecule has 2 aromatic heterocycles. The van der Waals surface area contributed by atoms with Crippen molar-refractivity contribution in [3.05, 3.63) is 104 Å². The molecule has 0 unspecified atom stereocenters. The van der Waals surface area contributed by atoms with Crippen molar-refractivity contribution >= 4 is 37.5 Å². The van der Waals surface area contributed by atoms with E-state index in [4.69, 9.17) is 4.74 Å². The number of ether oxygens (including phenoxy) is 1. The molecule has 7 nitrogen and oxygen atoms in total. The molecule has 0 atom stereocenters. The Hall–Kier alpha value is -3.81. The smallest absolute Gasteiger partial charge is 0.269 e. The largest absolute Gasteiger partial charge is 0.438 e. The Morgan fingerprint density at radius 1 is 1.15 bits per heavy atom. The Bertz CT molecular complexity index is 1640. The Kier molecular flexibility index (Phi) is 6.32. The maximum absolute atomic E-state index is 13.3. The van der Waals surface area contributed by atoms with Gasteiger partial charge in [0.25, 0.3) is 5.56 Å². The summed E-state index contributed by atoms with van der Waals surface area (Å²) in [6.07, 6.45) is 2.42. The van der Waals surface area contributed by atoms with Crippen LogP contribution in [0.5, 0.6) is 11.6 Å². The van der Waals surface area contributed by atoms with E-state index in [1.807, 2.05) is 0 Å². The van der Waals surface area contributed by atoms with Crippen molar-refractivity contribution in [1.82, 2.24) is 9.38 Å². The van der Waals surface area contributed by atoms with E-state index < -0.39 is 26.1 Å². The fourth-order valence-corrected chi connectivity index (χ4v) is 4.56. The first-order valence-electron chi connectivity index (χ1n) is 9.78. The van der Waals surface area contributed by atoms with Crippen LogP contribution >= 0.6 is 15.9 Å². The lowest BCUT2D eigenvalue weighted by atomic mass is 10.2. The topological polar surface area (TPSA) is 102 Å². The van der Waals surface area contributed by atoms with Gasteiger partial charge >= 0.3 is 0 Å². The van der Waals surface area contributed by atoms with E-state index in [1.165, 1.54) is 59.1 Å². The molecule has 0 aliphatic heterocycles. The van der Waals surface area contributed by atoms with Gasteiger partial charge in [0.2, 0.25) is 15.7 Å². The minimum Gasteiger partial charge on any atom is -0.438 e. The lowest BCUT2D eigenvalue weighted by molar-refractivity contribution is 0.459. The Morgan fingerprint density at radius 2 is 1.82 bits per heavy atom. The number of sulfone groups is 1. The van der Waals surface area contributed by atoms with E-state index in [-0.39, 0.29) is 27.7 Å². The molecule has 2 heterocycles. The van der Waals surface area contributed by atoms with Crippen molar-refractivity contribution in [2.75, 3.05) is 0 Å². The van der Waals surface area contributed by atoms with E-state index >= 15 is 0 Å². The molecule has 0 bridgehead atoms. The number of aromatic nitrogens is 2. The van der Waals surface area contributed by atoms with Crippen molar-refractivity contribution in [2.45, 2.75) is 11.8 Å². The van der Waals surface area contributed by atoms with Crippen molar-refractivity contribution < 1.29 is 17.5 Å². The van der Waals surface area contributed by atoms with Gasteiger partial charge in [-0.25, -0.2) is 12.8 Å². The van der Waals surface area contributed by atoms with E-state index in [0.29, 0.717) is 10.0 Å². The van der Waals surface area contributed by atoms with Crippen LogP contribution in [0.1, 0.15) is 11.1 Å². The van der Waals surface area contributed by atoms with E-state index in [0.717, 1.165) is 6.08 Å². The molecule has 0 saturated carbocycles. The number of hydrogen-bond acceptors (Lipinski definition) is 6. The molecule has 34 heavy (non-hydrogen) atoms. The molecule has 0 spiro atoms. The molecule has 170 valence electrons. The quantitative estimate of drug-likeness (QED) is 0.329. The SMILES string of the molecule is Cc1cccn2c(=O)c(/C=C(\C#N)S(=O)(=O)c3ccc(Br)cc3)c(Oc3ccc(F)cc3)nc12. The zero-order chi connectivity index (χ0) is 24.5. The number of benzene rings is 2. The number of halogens is 2. The molecule has 10 heteroatoms. The first-order valence-corrected chi connectivity index (χ1v) is 12.1. The Labute approximate surface area is 202 Å². The van der Waals surface area contributed by atoms with E-state index in [2.05, 4.69) is 20.9 Å². The van der Waals surface area contributed by atoms with Gasteiger partial charge in [-0.15, -0.1) is 0 Å². The molecule has 0 amide bonds. The summed E-state index contributed by atoms with van der Waals surface area (Å²) in [5.41, 5.74) is 0.0762. The molecule has 0 aliphatic rings. The molecule has 4 rings (SSSR count). The maximum atomic E-state index is 13.3. The lowest BCUT2D eigenvalue weighted by Crippen LogP contribution is -2.20. The predicted molar refractivity (Wildman–Crippen MR) is 128 cm³/mol. The number of aryl methyl sites for hydroxylation is 1. The number of fused-ring (bicyclic) bond motifs is 1. The zero-order valence-electron chi connectivity index (χ0n) is 17.6. The van der Waals surface area contributed by atoms with Crippen LogP contribution < -0.4 is 10.3 Å². The van der Waals surface area contributed by atoms with Gasteiger partial charge in [0.05, 0.1) is 4.90 Å².